The molecule has 0 amide bonds. The minimum atomic E-state index is -1.14. The van der Waals surface area contributed by atoms with E-state index in [9.17, 15) is 13.4 Å². The summed E-state index contributed by atoms with van der Waals surface area (Å²) < 4.78 is 24.7. The molecule has 88 valence electrons. The van der Waals surface area contributed by atoms with Crippen LogP contribution in [0.1, 0.15) is 29.3 Å². The number of carboxylic acids is 1. The summed E-state index contributed by atoms with van der Waals surface area (Å²) in [5.41, 5.74) is 0.219. The number of rotatable bonds is 5. The molecule has 3 nitrogen and oxygen atoms in total. The Morgan fingerprint density at radius 3 is 2.75 bits per heavy atom. The lowest BCUT2D eigenvalue weighted by Gasteiger charge is -2.04. The molecule has 0 aliphatic carbocycles. The van der Waals surface area contributed by atoms with E-state index in [1.807, 2.05) is 6.92 Å². The van der Waals surface area contributed by atoms with Gasteiger partial charge in [0.1, 0.15) is 5.82 Å². The Bertz CT molecular complexity index is 418. The summed E-state index contributed by atoms with van der Waals surface area (Å²) in [4.78, 5) is 10.7. The van der Waals surface area contributed by atoms with E-state index in [1.54, 1.807) is 0 Å². The van der Waals surface area contributed by atoms with Crippen molar-refractivity contribution in [2.45, 2.75) is 19.1 Å². The zero-order valence-electron chi connectivity index (χ0n) is 8.90. The van der Waals surface area contributed by atoms with Crippen molar-refractivity contribution in [3.8, 4) is 0 Å². The van der Waals surface area contributed by atoms with Gasteiger partial charge in [-0.2, -0.15) is 0 Å². The molecule has 5 heteroatoms. The lowest BCUT2D eigenvalue weighted by molar-refractivity contribution is 0.0696. The molecule has 0 aliphatic heterocycles. The predicted octanol–water partition coefficient (Wildman–Crippen LogP) is 2.18. The van der Waals surface area contributed by atoms with Crippen LogP contribution in [0.5, 0.6) is 0 Å². The normalized spacial score (nSPS) is 12.4. The molecule has 0 aliphatic rings. The van der Waals surface area contributed by atoms with E-state index in [4.69, 9.17) is 5.11 Å². The predicted molar refractivity (Wildman–Crippen MR) is 60.4 cm³/mol. The Labute approximate surface area is 95.8 Å². The molecule has 1 aromatic carbocycles. The third kappa shape index (κ3) is 3.41. The second kappa shape index (κ2) is 5.75. The van der Waals surface area contributed by atoms with E-state index in [0.29, 0.717) is 5.75 Å². The van der Waals surface area contributed by atoms with Crippen LogP contribution in [0.4, 0.5) is 4.39 Å². The van der Waals surface area contributed by atoms with E-state index in [0.717, 1.165) is 12.5 Å². The van der Waals surface area contributed by atoms with E-state index in [2.05, 4.69) is 0 Å². The maximum absolute atomic E-state index is 13.3. The molecule has 1 unspecified atom stereocenters. The zero-order valence-corrected chi connectivity index (χ0v) is 9.72. The Balaban J connectivity index is 2.90. The summed E-state index contributed by atoms with van der Waals surface area (Å²) in [6, 6.07) is 3.54. The Morgan fingerprint density at radius 2 is 2.19 bits per heavy atom. The van der Waals surface area contributed by atoms with Crippen molar-refractivity contribution in [1.82, 2.24) is 0 Å². The van der Waals surface area contributed by atoms with Crippen molar-refractivity contribution in [3.63, 3.8) is 0 Å². The van der Waals surface area contributed by atoms with Crippen LogP contribution in [-0.4, -0.2) is 21.0 Å². The number of aromatic carboxylic acids is 1. The first kappa shape index (κ1) is 12.8. The summed E-state index contributed by atoms with van der Waals surface area (Å²) in [7, 11) is -1.14. The fraction of sp³-hybridized carbons (Fsp3) is 0.364. The molecule has 0 radical (unpaired) electrons. The zero-order chi connectivity index (χ0) is 12.1. The second-order valence-electron chi connectivity index (χ2n) is 3.40. The highest BCUT2D eigenvalue weighted by molar-refractivity contribution is 7.84. The number of carboxylic acid groups (broad SMARTS) is 1. The third-order valence-electron chi connectivity index (χ3n) is 2.04. The average molecular weight is 244 g/mol. The van der Waals surface area contributed by atoms with Gasteiger partial charge >= 0.3 is 5.97 Å². The second-order valence-corrected chi connectivity index (χ2v) is 4.98. The molecule has 0 aromatic heterocycles. The molecule has 0 heterocycles. The summed E-state index contributed by atoms with van der Waals surface area (Å²) >= 11 is 0. The summed E-state index contributed by atoms with van der Waals surface area (Å²) in [6.45, 7) is 1.89. The Morgan fingerprint density at radius 1 is 1.50 bits per heavy atom. The highest BCUT2D eigenvalue weighted by Crippen LogP contribution is 2.13. The van der Waals surface area contributed by atoms with Gasteiger partial charge in [0.25, 0.3) is 0 Å². The fourth-order valence-electron chi connectivity index (χ4n) is 1.29. The van der Waals surface area contributed by atoms with E-state index >= 15 is 0 Å². The molecule has 0 saturated heterocycles. The van der Waals surface area contributed by atoms with Crippen LogP contribution in [0.3, 0.4) is 0 Å². The van der Waals surface area contributed by atoms with Crippen molar-refractivity contribution in [2.24, 2.45) is 0 Å². The van der Waals surface area contributed by atoms with Crippen LogP contribution in [0.15, 0.2) is 18.2 Å². The summed E-state index contributed by atoms with van der Waals surface area (Å²) in [5, 5.41) is 8.74. The average Bonchev–Trinajstić information content (AvgIpc) is 2.21. The minimum Gasteiger partial charge on any atom is -0.478 e. The first-order chi connectivity index (χ1) is 7.54. The van der Waals surface area contributed by atoms with Crippen molar-refractivity contribution in [1.29, 1.82) is 0 Å². The SMILES string of the molecule is CCCS(=O)Cc1cc(C(=O)O)ccc1F. The largest absolute Gasteiger partial charge is 0.478 e. The standard InChI is InChI=1S/C11H13FO3S/c1-2-5-16(15)7-9-6-8(11(13)14)3-4-10(9)12/h3-4,6H,2,5,7H2,1H3,(H,13,14). The first-order valence-corrected chi connectivity index (χ1v) is 6.40. The maximum Gasteiger partial charge on any atom is 0.335 e. The minimum absolute atomic E-state index is 0.0184. The number of hydrogen-bond donors (Lipinski definition) is 1. The fourth-order valence-corrected chi connectivity index (χ4v) is 2.46. The van der Waals surface area contributed by atoms with Crippen LogP contribution in [0.25, 0.3) is 0 Å². The van der Waals surface area contributed by atoms with Gasteiger partial charge in [0.15, 0.2) is 0 Å². The van der Waals surface area contributed by atoms with Gasteiger partial charge in [-0.3, -0.25) is 4.21 Å². The molecule has 0 fully saturated rings. The van der Waals surface area contributed by atoms with Gasteiger partial charge in [-0.15, -0.1) is 0 Å². The highest BCUT2D eigenvalue weighted by atomic mass is 32.2. The summed E-state index contributed by atoms with van der Waals surface area (Å²) in [5.74, 6) is -1.05. The van der Waals surface area contributed by atoms with E-state index < -0.39 is 22.6 Å². The molecule has 0 saturated carbocycles. The number of carbonyl (C=O) groups is 1. The van der Waals surface area contributed by atoms with Crippen LogP contribution >= 0.6 is 0 Å². The Kier molecular flexibility index (Phi) is 4.61. The van der Waals surface area contributed by atoms with Gasteiger partial charge in [-0.1, -0.05) is 6.92 Å². The molecule has 1 N–H and O–H groups in total. The molecule has 1 rings (SSSR count). The molecular formula is C11H13FO3S. The molecular weight excluding hydrogens is 231 g/mol. The molecule has 0 bridgehead atoms. The highest BCUT2D eigenvalue weighted by Gasteiger charge is 2.10. The lowest BCUT2D eigenvalue weighted by Crippen LogP contribution is -2.04. The van der Waals surface area contributed by atoms with E-state index in [1.165, 1.54) is 12.1 Å². The molecule has 16 heavy (non-hydrogen) atoms. The smallest absolute Gasteiger partial charge is 0.335 e. The van der Waals surface area contributed by atoms with Crippen molar-refractivity contribution < 1.29 is 18.5 Å². The molecule has 1 atom stereocenters. The van der Waals surface area contributed by atoms with Gasteiger partial charge in [0.05, 0.1) is 11.3 Å². The Hall–Kier alpha value is -1.23. The number of halogens is 1. The van der Waals surface area contributed by atoms with E-state index in [-0.39, 0.29) is 16.9 Å². The van der Waals surface area contributed by atoms with Crippen molar-refractivity contribution in [3.05, 3.63) is 35.1 Å². The van der Waals surface area contributed by atoms with Crippen LogP contribution < -0.4 is 0 Å². The van der Waals surface area contributed by atoms with Crippen LogP contribution in [-0.2, 0) is 16.6 Å². The first-order valence-electron chi connectivity index (χ1n) is 4.91. The number of benzene rings is 1. The lowest BCUT2D eigenvalue weighted by atomic mass is 10.1. The van der Waals surface area contributed by atoms with Crippen molar-refractivity contribution >= 4 is 16.8 Å². The number of hydrogen-bond acceptors (Lipinski definition) is 2. The molecule has 0 spiro atoms. The quantitative estimate of drug-likeness (QED) is 0.863. The van der Waals surface area contributed by atoms with Gasteiger partial charge in [-0.25, -0.2) is 9.18 Å². The van der Waals surface area contributed by atoms with Crippen LogP contribution in [0.2, 0.25) is 0 Å². The van der Waals surface area contributed by atoms with Gasteiger partial charge in [0, 0.05) is 22.1 Å². The van der Waals surface area contributed by atoms with Gasteiger partial charge < -0.3 is 5.11 Å². The van der Waals surface area contributed by atoms with Crippen LogP contribution in [0, 0.1) is 5.82 Å². The van der Waals surface area contributed by atoms with Crippen molar-refractivity contribution in [2.75, 3.05) is 5.75 Å². The van der Waals surface area contributed by atoms with Gasteiger partial charge in [0.2, 0.25) is 0 Å². The van der Waals surface area contributed by atoms with Gasteiger partial charge in [-0.05, 0) is 24.6 Å². The maximum atomic E-state index is 13.3. The third-order valence-corrected chi connectivity index (χ3v) is 3.54. The molecule has 1 aromatic rings. The monoisotopic (exact) mass is 244 g/mol. The summed E-state index contributed by atoms with van der Waals surface area (Å²) in [6.07, 6.45) is 0.757. The topological polar surface area (TPSA) is 54.4 Å².